The highest BCUT2D eigenvalue weighted by Gasteiger charge is 2.12. The molecule has 0 fully saturated rings. The van der Waals surface area contributed by atoms with Gasteiger partial charge in [-0.05, 0) is 42.8 Å². The van der Waals surface area contributed by atoms with Crippen molar-refractivity contribution in [2.75, 3.05) is 6.61 Å². The lowest BCUT2D eigenvalue weighted by Crippen LogP contribution is -2.37. The number of carbonyl (C=O) groups excluding carboxylic acids is 2. The second kappa shape index (κ2) is 9.02. The molecule has 0 bridgehead atoms. The third kappa shape index (κ3) is 5.61. The van der Waals surface area contributed by atoms with Gasteiger partial charge >= 0.3 is 11.8 Å². The zero-order valence-corrected chi connectivity index (χ0v) is 13.6. The highest BCUT2D eigenvalue weighted by atomic mass is 16.5. The van der Waals surface area contributed by atoms with Gasteiger partial charge < -0.3 is 15.2 Å². The van der Waals surface area contributed by atoms with Gasteiger partial charge in [-0.3, -0.25) is 14.6 Å². The second-order valence-electron chi connectivity index (χ2n) is 4.86. The Balaban J connectivity index is 1.85. The number of amides is 2. The van der Waals surface area contributed by atoms with Gasteiger partial charge in [0.05, 0.1) is 25.1 Å². The summed E-state index contributed by atoms with van der Waals surface area (Å²) in [6.07, 6.45) is 2.94. The van der Waals surface area contributed by atoms with Gasteiger partial charge in [-0.1, -0.05) is 6.07 Å². The standard InChI is InChI=1S/C17H18N4O4/c1-2-25-15-9-12(6-7-14(15)22)10-20-21-17(24)16(23)19-11-13-5-3-4-8-18-13/h3-10,22H,2,11H2,1H3,(H,19,23)(H,21,24). The van der Waals surface area contributed by atoms with Crippen molar-refractivity contribution in [3.05, 3.63) is 53.9 Å². The summed E-state index contributed by atoms with van der Waals surface area (Å²) in [6, 6.07) is 9.88. The molecular formula is C17H18N4O4. The van der Waals surface area contributed by atoms with E-state index in [1.807, 2.05) is 0 Å². The predicted molar refractivity (Wildman–Crippen MR) is 91.1 cm³/mol. The number of carbonyl (C=O) groups is 2. The number of hydrogen-bond acceptors (Lipinski definition) is 6. The largest absolute Gasteiger partial charge is 0.504 e. The highest BCUT2D eigenvalue weighted by molar-refractivity contribution is 6.35. The molecule has 8 heteroatoms. The number of phenols is 1. The summed E-state index contributed by atoms with van der Waals surface area (Å²) in [6.45, 7) is 2.35. The maximum atomic E-state index is 11.7. The van der Waals surface area contributed by atoms with Gasteiger partial charge in [0.1, 0.15) is 0 Å². The smallest absolute Gasteiger partial charge is 0.329 e. The van der Waals surface area contributed by atoms with Gasteiger partial charge in [0.2, 0.25) is 0 Å². The Hall–Kier alpha value is -3.42. The Bertz CT molecular complexity index is 762. The molecule has 8 nitrogen and oxygen atoms in total. The molecule has 0 saturated heterocycles. The van der Waals surface area contributed by atoms with Gasteiger partial charge in [0.15, 0.2) is 11.5 Å². The second-order valence-corrected chi connectivity index (χ2v) is 4.86. The lowest BCUT2D eigenvalue weighted by Gasteiger charge is -2.06. The molecule has 0 aliphatic carbocycles. The van der Waals surface area contributed by atoms with Crippen LogP contribution in [-0.4, -0.2) is 34.7 Å². The summed E-state index contributed by atoms with van der Waals surface area (Å²) < 4.78 is 5.25. The van der Waals surface area contributed by atoms with E-state index in [-0.39, 0.29) is 12.3 Å². The van der Waals surface area contributed by atoms with E-state index in [9.17, 15) is 14.7 Å². The lowest BCUT2D eigenvalue weighted by molar-refractivity contribution is -0.139. The first-order chi connectivity index (χ1) is 12.1. The molecule has 130 valence electrons. The van der Waals surface area contributed by atoms with Crippen LogP contribution in [0.15, 0.2) is 47.7 Å². The number of nitrogens with zero attached hydrogens (tertiary/aromatic N) is 2. The Morgan fingerprint density at radius 1 is 1.28 bits per heavy atom. The highest BCUT2D eigenvalue weighted by Crippen LogP contribution is 2.26. The van der Waals surface area contributed by atoms with Crippen LogP contribution in [0.1, 0.15) is 18.2 Å². The zero-order valence-electron chi connectivity index (χ0n) is 13.6. The molecule has 0 unspecified atom stereocenters. The lowest BCUT2D eigenvalue weighted by atomic mass is 10.2. The number of hydrogen-bond donors (Lipinski definition) is 3. The van der Waals surface area contributed by atoms with Crippen molar-refractivity contribution in [1.29, 1.82) is 0 Å². The Morgan fingerprint density at radius 3 is 2.84 bits per heavy atom. The number of phenolic OH excluding ortho intramolecular Hbond substituents is 1. The van der Waals surface area contributed by atoms with E-state index in [4.69, 9.17) is 4.74 Å². The number of aromatic nitrogens is 1. The van der Waals surface area contributed by atoms with E-state index in [1.165, 1.54) is 12.3 Å². The minimum atomic E-state index is -0.893. The number of pyridine rings is 1. The van der Waals surface area contributed by atoms with Crippen LogP contribution in [0.3, 0.4) is 0 Å². The van der Waals surface area contributed by atoms with E-state index >= 15 is 0 Å². The van der Waals surface area contributed by atoms with Crippen LogP contribution < -0.4 is 15.5 Å². The Kier molecular flexibility index (Phi) is 6.47. The van der Waals surface area contributed by atoms with Crippen molar-refractivity contribution in [2.45, 2.75) is 13.5 Å². The summed E-state index contributed by atoms with van der Waals surface area (Å²) >= 11 is 0. The first kappa shape index (κ1) is 17.9. The van der Waals surface area contributed by atoms with Crippen molar-refractivity contribution in [2.24, 2.45) is 5.10 Å². The summed E-state index contributed by atoms with van der Waals surface area (Å²) in [7, 11) is 0. The minimum Gasteiger partial charge on any atom is -0.504 e. The molecule has 0 saturated carbocycles. The number of rotatable bonds is 6. The van der Waals surface area contributed by atoms with E-state index in [2.05, 4.69) is 20.8 Å². The molecule has 2 amide bonds. The summed E-state index contributed by atoms with van der Waals surface area (Å²) in [5, 5.41) is 15.8. The van der Waals surface area contributed by atoms with Gasteiger partial charge in [0, 0.05) is 6.20 Å². The third-order valence-electron chi connectivity index (χ3n) is 3.03. The molecule has 0 radical (unpaired) electrons. The Labute approximate surface area is 144 Å². The average molecular weight is 342 g/mol. The minimum absolute atomic E-state index is 0.0111. The van der Waals surface area contributed by atoms with Crippen LogP contribution in [0.2, 0.25) is 0 Å². The number of ether oxygens (including phenoxy) is 1. The maximum absolute atomic E-state index is 11.7. The summed E-state index contributed by atoms with van der Waals surface area (Å²) in [4.78, 5) is 27.4. The fourth-order valence-corrected chi connectivity index (χ4v) is 1.85. The molecule has 1 heterocycles. The number of benzene rings is 1. The van der Waals surface area contributed by atoms with E-state index in [1.54, 1.807) is 43.5 Å². The first-order valence-electron chi connectivity index (χ1n) is 7.57. The normalized spacial score (nSPS) is 10.4. The Morgan fingerprint density at radius 2 is 2.12 bits per heavy atom. The molecule has 1 aromatic heterocycles. The maximum Gasteiger partial charge on any atom is 0.329 e. The molecule has 25 heavy (non-hydrogen) atoms. The van der Waals surface area contributed by atoms with Crippen molar-refractivity contribution >= 4 is 18.0 Å². The number of aromatic hydroxyl groups is 1. The van der Waals surface area contributed by atoms with E-state index in [0.29, 0.717) is 23.6 Å². The van der Waals surface area contributed by atoms with Crippen LogP contribution in [0.5, 0.6) is 11.5 Å². The molecule has 2 rings (SSSR count). The van der Waals surface area contributed by atoms with Crippen LogP contribution in [0, 0.1) is 0 Å². The number of nitrogens with one attached hydrogen (secondary N) is 2. The fraction of sp³-hybridized carbons (Fsp3) is 0.176. The van der Waals surface area contributed by atoms with Crippen LogP contribution in [-0.2, 0) is 16.1 Å². The first-order valence-corrected chi connectivity index (χ1v) is 7.57. The average Bonchev–Trinajstić information content (AvgIpc) is 2.63. The van der Waals surface area contributed by atoms with Gasteiger partial charge in [0.25, 0.3) is 0 Å². The topological polar surface area (TPSA) is 113 Å². The van der Waals surface area contributed by atoms with Crippen molar-refractivity contribution in [3.63, 3.8) is 0 Å². The van der Waals surface area contributed by atoms with Gasteiger partial charge in [-0.2, -0.15) is 5.10 Å². The third-order valence-corrected chi connectivity index (χ3v) is 3.03. The van der Waals surface area contributed by atoms with Crippen molar-refractivity contribution in [1.82, 2.24) is 15.7 Å². The molecule has 0 aliphatic rings. The van der Waals surface area contributed by atoms with Gasteiger partial charge in [-0.15, -0.1) is 0 Å². The molecule has 2 aromatic rings. The molecular weight excluding hydrogens is 324 g/mol. The zero-order chi connectivity index (χ0) is 18.1. The monoisotopic (exact) mass is 342 g/mol. The summed E-state index contributed by atoms with van der Waals surface area (Å²) in [5.41, 5.74) is 3.36. The summed E-state index contributed by atoms with van der Waals surface area (Å²) in [5.74, 6) is -1.39. The number of hydrazone groups is 1. The molecule has 0 atom stereocenters. The fourth-order valence-electron chi connectivity index (χ4n) is 1.85. The molecule has 0 spiro atoms. The van der Waals surface area contributed by atoms with Crippen LogP contribution in [0.4, 0.5) is 0 Å². The van der Waals surface area contributed by atoms with Crippen LogP contribution in [0.25, 0.3) is 0 Å². The quantitative estimate of drug-likeness (QED) is 0.411. The van der Waals surface area contributed by atoms with Crippen molar-refractivity contribution < 1.29 is 19.4 Å². The van der Waals surface area contributed by atoms with E-state index in [0.717, 1.165) is 0 Å². The van der Waals surface area contributed by atoms with Crippen LogP contribution >= 0.6 is 0 Å². The molecule has 3 N–H and O–H groups in total. The molecule has 0 aliphatic heterocycles. The van der Waals surface area contributed by atoms with Crippen molar-refractivity contribution in [3.8, 4) is 11.5 Å². The molecule has 1 aromatic carbocycles. The SMILES string of the molecule is CCOc1cc(C=NNC(=O)C(=O)NCc2ccccn2)ccc1O. The van der Waals surface area contributed by atoms with E-state index < -0.39 is 11.8 Å². The predicted octanol–water partition coefficient (Wildman–Crippen LogP) is 0.952. The van der Waals surface area contributed by atoms with Gasteiger partial charge in [-0.25, -0.2) is 5.43 Å².